The Balaban J connectivity index is 1.78. The lowest BCUT2D eigenvalue weighted by Gasteiger charge is -2.39. The number of amides is 1. The molecule has 2 atom stereocenters. The minimum Gasteiger partial charge on any atom is -0.359 e. The van der Waals surface area contributed by atoms with Gasteiger partial charge in [0.15, 0.2) is 0 Å². The number of likely N-dealkylation sites (tertiary alicyclic amines) is 1. The molecule has 2 aliphatic rings. The van der Waals surface area contributed by atoms with Gasteiger partial charge in [-0.05, 0) is 51.7 Å². The van der Waals surface area contributed by atoms with Gasteiger partial charge in [-0.2, -0.15) is 0 Å². The quantitative estimate of drug-likeness (QED) is 0.772. The number of nitrogens with one attached hydrogen (secondary N) is 2. The fourth-order valence-corrected chi connectivity index (χ4v) is 3.36. The molecule has 2 heterocycles. The van der Waals surface area contributed by atoms with Crippen LogP contribution in [-0.4, -0.2) is 49.6 Å². The van der Waals surface area contributed by atoms with Crippen LogP contribution < -0.4 is 10.6 Å². The van der Waals surface area contributed by atoms with Crippen LogP contribution in [0.1, 0.15) is 44.9 Å². The Bertz CT molecular complexity index is 264. The molecule has 2 saturated heterocycles. The highest BCUT2D eigenvalue weighted by atomic mass is 16.1. The van der Waals surface area contributed by atoms with Gasteiger partial charge in [0.25, 0.3) is 0 Å². The molecule has 0 bridgehead atoms. The summed E-state index contributed by atoms with van der Waals surface area (Å²) in [6.07, 6.45) is 8.33. The second-order valence-electron chi connectivity index (χ2n) is 5.58. The summed E-state index contributed by atoms with van der Waals surface area (Å²) in [7, 11) is 1.72. The molecule has 2 aliphatic heterocycles. The Morgan fingerprint density at radius 2 is 2.22 bits per heavy atom. The van der Waals surface area contributed by atoms with E-state index in [-0.39, 0.29) is 5.91 Å². The number of hydrogen-bond donors (Lipinski definition) is 2. The van der Waals surface area contributed by atoms with E-state index < -0.39 is 0 Å². The van der Waals surface area contributed by atoms with E-state index in [9.17, 15) is 4.79 Å². The Kier molecular flexibility index (Phi) is 5.45. The molecule has 0 saturated carbocycles. The van der Waals surface area contributed by atoms with Gasteiger partial charge in [-0.15, -0.1) is 0 Å². The Morgan fingerprint density at radius 3 is 2.94 bits per heavy atom. The molecule has 0 radical (unpaired) electrons. The highest BCUT2D eigenvalue weighted by molar-refractivity contribution is 5.75. The molecule has 0 spiro atoms. The second-order valence-corrected chi connectivity index (χ2v) is 5.58. The van der Waals surface area contributed by atoms with Crippen LogP contribution in [0.5, 0.6) is 0 Å². The third kappa shape index (κ3) is 3.69. The zero-order valence-corrected chi connectivity index (χ0v) is 11.6. The second kappa shape index (κ2) is 7.10. The van der Waals surface area contributed by atoms with E-state index >= 15 is 0 Å². The van der Waals surface area contributed by atoms with E-state index in [1.165, 1.54) is 45.2 Å². The van der Waals surface area contributed by atoms with Gasteiger partial charge < -0.3 is 10.6 Å². The van der Waals surface area contributed by atoms with Crippen molar-refractivity contribution in [2.24, 2.45) is 0 Å². The molecular weight excluding hydrogens is 226 g/mol. The third-order valence-corrected chi connectivity index (χ3v) is 4.36. The average molecular weight is 253 g/mol. The van der Waals surface area contributed by atoms with E-state index in [2.05, 4.69) is 15.5 Å². The van der Waals surface area contributed by atoms with E-state index in [1.54, 1.807) is 7.05 Å². The molecule has 2 fully saturated rings. The van der Waals surface area contributed by atoms with Crippen molar-refractivity contribution in [3.05, 3.63) is 0 Å². The molecule has 1 amide bonds. The molecule has 0 aromatic heterocycles. The molecule has 18 heavy (non-hydrogen) atoms. The van der Waals surface area contributed by atoms with Gasteiger partial charge in [0.2, 0.25) is 5.91 Å². The molecular formula is C14H27N3O. The van der Waals surface area contributed by atoms with Gasteiger partial charge in [0.05, 0.1) is 0 Å². The van der Waals surface area contributed by atoms with E-state index in [4.69, 9.17) is 0 Å². The van der Waals surface area contributed by atoms with E-state index in [0.717, 1.165) is 13.0 Å². The van der Waals surface area contributed by atoms with Crippen molar-refractivity contribution in [2.45, 2.75) is 57.0 Å². The molecule has 0 aliphatic carbocycles. The van der Waals surface area contributed by atoms with Crippen molar-refractivity contribution in [3.63, 3.8) is 0 Å². The summed E-state index contributed by atoms with van der Waals surface area (Å²) >= 11 is 0. The Hall–Kier alpha value is -0.610. The summed E-state index contributed by atoms with van der Waals surface area (Å²) in [4.78, 5) is 13.9. The predicted octanol–water partition coefficient (Wildman–Crippen LogP) is 1.12. The smallest absolute Gasteiger partial charge is 0.219 e. The minimum absolute atomic E-state index is 0.169. The number of hydrogen-bond acceptors (Lipinski definition) is 3. The van der Waals surface area contributed by atoms with Crippen molar-refractivity contribution in [3.8, 4) is 0 Å². The molecule has 0 aromatic rings. The number of carbonyl (C=O) groups is 1. The zero-order chi connectivity index (χ0) is 12.8. The lowest BCUT2D eigenvalue weighted by molar-refractivity contribution is -0.120. The first-order valence-corrected chi connectivity index (χ1v) is 7.49. The highest BCUT2D eigenvalue weighted by Crippen LogP contribution is 2.24. The lowest BCUT2D eigenvalue weighted by atomic mass is 9.94. The van der Waals surface area contributed by atoms with E-state index in [0.29, 0.717) is 18.5 Å². The summed E-state index contributed by atoms with van der Waals surface area (Å²) < 4.78 is 0. The van der Waals surface area contributed by atoms with Crippen molar-refractivity contribution in [2.75, 3.05) is 26.7 Å². The third-order valence-electron chi connectivity index (χ3n) is 4.36. The summed E-state index contributed by atoms with van der Waals surface area (Å²) in [5.74, 6) is 0.169. The normalized spacial score (nSPS) is 29.4. The van der Waals surface area contributed by atoms with Crippen molar-refractivity contribution in [1.29, 1.82) is 0 Å². The monoisotopic (exact) mass is 253 g/mol. The maximum absolute atomic E-state index is 11.2. The molecule has 2 rings (SSSR count). The van der Waals surface area contributed by atoms with Crippen molar-refractivity contribution >= 4 is 5.91 Å². The van der Waals surface area contributed by atoms with Gasteiger partial charge in [0.1, 0.15) is 0 Å². The molecule has 4 nitrogen and oxygen atoms in total. The summed E-state index contributed by atoms with van der Waals surface area (Å²) in [5.41, 5.74) is 0. The van der Waals surface area contributed by atoms with E-state index in [1.807, 2.05) is 0 Å². The summed E-state index contributed by atoms with van der Waals surface area (Å²) in [6, 6.07) is 1.41. The van der Waals surface area contributed by atoms with Crippen LogP contribution >= 0.6 is 0 Å². The van der Waals surface area contributed by atoms with Crippen LogP contribution in [0.15, 0.2) is 0 Å². The van der Waals surface area contributed by atoms with Gasteiger partial charge in [0, 0.05) is 25.6 Å². The molecule has 2 N–H and O–H groups in total. The largest absolute Gasteiger partial charge is 0.359 e. The van der Waals surface area contributed by atoms with Gasteiger partial charge >= 0.3 is 0 Å². The number of piperidine rings is 1. The first-order chi connectivity index (χ1) is 8.81. The van der Waals surface area contributed by atoms with Crippen LogP contribution in [0.2, 0.25) is 0 Å². The van der Waals surface area contributed by atoms with Gasteiger partial charge in [-0.1, -0.05) is 6.42 Å². The molecule has 0 aromatic carbocycles. The van der Waals surface area contributed by atoms with Crippen molar-refractivity contribution in [1.82, 2.24) is 15.5 Å². The Labute approximate surface area is 110 Å². The molecule has 4 heteroatoms. The van der Waals surface area contributed by atoms with Crippen LogP contribution in [0.25, 0.3) is 0 Å². The molecule has 104 valence electrons. The SMILES string of the molecule is CNC(=O)CCCN1CCCCC1C1CCCN1. The first-order valence-electron chi connectivity index (χ1n) is 7.49. The minimum atomic E-state index is 0.169. The highest BCUT2D eigenvalue weighted by Gasteiger charge is 2.30. The maximum atomic E-state index is 11.2. The van der Waals surface area contributed by atoms with Crippen LogP contribution in [-0.2, 0) is 4.79 Å². The zero-order valence-electron chi connectivity index (χ0n) is 11.6. The van der Waals surface area contributed by atoms with Crippen LogP contribution in [0, 0.1) is 0 Å². The number of carbonyl (C=O) groups excluding carboxylic acids is 1. The standard InChI is InChI=1S/C14H27N3O/c1-15-14(18)8-5-11-17-10-3-2-7-13(17)12-6-4-9-16-12/h12-13,16H,2-11H2,1H3,(H,15,18). The topological polar surface area (TPSA) is 44.4 Å². The van der Waals surface area contributed by atoms with Crippen LogP contribution in [0.4, 0.5) is 0 Å². The van der Waals surface area contributed by atoms with Crippen molar-refractivity contribution < 1.29 is 4.79 Å². The summed E-state index contributed by atoms with van der Waals surface area (Å²) in [6.45, 7) is 3.49. The number of nitrogens with zero attached hydrogens (tertiary/aromatic N) is 1. The predicted molar refractivity (Wildman–Crippen MR) is 73.5 cm³/mol. The lowest BCUT2D eigenvalue weighted by Crippen LogP contribution is -2.50. The number of rotatable bonds is 5. The van der Waals surface area contributed by atoms with Gasteiger partial charge in [-0.3, -0.25) is 9.69 Å². The van der Waals surface area contributed by atoms with Gasteiger partial charge in [-0.25, -0.2) is 0 Å². The summed E-state index contributed by atoms with van der Waals surface area (Å²) in [5, 5.41) is 6.34. The Morgan fingerprint density at radius 1 is 1.33 bits per heavy atom. The van der Waals surface area contributed by atoms with Crippen LogP contribution in [0.3, 0.4) is 0 Å². The fraction of sp³-hybridized carbons (Fsp3) is 0.929. The molecule has 2 unspecified atom stereocenters. The average Bonchev–Trinajstić information content (AvgIpc) is 2.93. The fourth-order valence-electron chi connectivity index (χ4n) is 3.36. The first kappa shape index (κ1) is 13.8. The maximum Gasteiger partial charge on any atom is 0.219 e.